The average Bonchev–Trinajstić information content (AvgIpc) is 2.45. The van der Waals surface area contributed by atoms with Crippen molar-refractivity contribution in [3.63, 3.8) is 0 Å². The largest absolute Gasteiger partial charge is 0.375 e. The van der Waals surface area contributed by atoms with Crippen molar-refractivity contribution in [2.24, 2.45) is 11.3 Å². The van der Waals surface area contributed by atoms with E-state index in [-0.39, 0.29) is 0 Å². The molecule has 2 aliphatic heterocycles. The molecule has 2 rings (SSSR count). The van der Waals surface area contributed by atoms with Gasteiger partial charge in [0.1, 0.15) is 0 Å². The van der Waals surface area contributed by atoms with Gasteiger partial charge in [-0.25, -0.2) is 0 Å². The molecule has 76 valence electrons. The minimum absolute atomic E-state index is 0.316. The summed E-state index contributed by atoms with van der Waals surface area (Å²) in [6.07, 6.45) is 3.11. The second-order valence-corrected chi connectivity index (χ2v) is 5.32. The maximum Gasteiger partial charge on any atom is 0.0891 e. The van der Waals surface area contributed by atoms with E-state index in [1.165, 1.54) is 6.42 Å². The van der Waals surface area contributed by atoms with Gasteiger partial charge in [0.05, 0.1) is 18.8 Å². The van der Waals surface area contributed by atoms with Crippen LogP contribution in [-0.2, 0) is 9.47 Å². The fourth-order valence-electron chi connectivity index (χ4n) is 2.39. The average molecular weight is 184 g/mol. The molecule has 2 heteroatoms. The predicted molar refractivity (Wildman–Crippen MR) is 51.7 cm³/mol. The third-order valence-electron chi connectivity index (χ3n) is 3.31. The molecular formula is C11H20O2. The summed E-state index contributed by atoms with van der Waals surface area (Å²) in [4.78, 5) is 0. The topological polar surface area (TPSA) is 18.5 Å². The molecule has 2 nitrogen and oxygen atoms in total. The highest BCUT2D eigenvalue weighted by atomic mass is 16.6. The molecule has 3 atom stereocenters. The summed E-state index contributed by atoms with van der Waals surface area (Å²) in [6.45, 7) is 8.65. The SMILES string of the molecule is CC(C)(C)C1COC2CCCOC21. The minimum atomic E-state index is 0.316. The van der Waals surface area contributed by atoms with Crippen LogP contribution >= 0.6 is 0 Å². The van der Waals surface area contributed by atoms with Crippen molar-refractivity contribution in [1.82, 2.24) is 0 Å². The number of hydrogen-bond acceptors (Lipinski definition) is 2. The van der Waals surface area contributed by atoms with Crippen molar-refractivity contribution in [2.75, 3.05) is 13.2 Å². The molecule has 0 aliphatic carbocycles. The van der Waals surface area contributed by atoms with E-state index in [2.05, 4.69) is 20.8 Å². The van der Waals surface area contributed by atoms with Crippen LogP contribution in [0.25, 0.3) is 0 Å². The summed E-state index contributed by atoms with van der Waals surface area (Å²) in [6, 6.07) is 0. The lowest BCUT2D eigenvalue weighted by molar-refractivity contribution is -0.0652. The van der Waals surface area contributed by atoms with Gasteiger partial charge < -0.3 is 9.47 Å². The highest BCUT2D eigenvalue weighted by molar-refractivity contribution is 4.92. The van der Waals surface area contributed by atoms with Gasteiger partial charge in [0, 0.05) is 12.5 Å². The molecule has 0 aromatic carbocycles. The van der Waals surface area contributed by atoms with Gasteiger partial charge >= 0.3 is 0 Å². The van der Waals surface area contributed by atoms with Crippen LogP contribution in [0.5, 0.6) is 0 Å². The summed E-state index contributed by atoms with van der Waals surface area (Å²) in [5, 5.41) is 0. The molecule has 13 heavy (non-hydrogen) atoms. The molecular weight excluding hydrogens is 164 g/mol. The molecule has 3 unspecified atom stereocenters. The molecule has 0 saturated carbocycles. The van der Waals surface area contributed by atoms with Crippen LogP contribution in [0.3, 0.4) is 0 Å². The summed E-state index contributed by atoms with van der Waals surface area (Å²) in [5.41, 5.74) is 0.316. The zero-order valence-electron chi connectivity index (χ0n) is 8.88. The molecule has 0 N–H and O–H groups in total. The first-order chi connectivity index (χ1) is 6.09. The van der Waals surface area contributed by atoms with Crippen molar-refractivity contribution in [2.45, 2.75) is 45.8 Å². The van der Waals surface area contributed by atoms with E-state index in [9.17, 15) is 0 Å². The van der Waals surface area contributed by atoms with Gasteiger partial charge in [0.25, 0.3) is 0 Å². The Morgan fingerprint density at radius 1 is 1.15 bits per heavy atom. The Morgan fingerprint density at radius 3 is 2.62 bits per heavy atom. The lowest BCUT2D eigenvalue weighted by Crippen LogP contribution is -2.39. The first-order valence-electron chi connectivity index (χ1n) is 5.32. The van der Waals surface area contributed by atoms with Crippen LogP contribution in [0, 0.1) is 11.3 Å². The maximum absolute atomic E-state index is 5.82. The van der Waals surface area contributed by atoms with E-state index in [1.54, 1.807) is 0 Å². The van der Waals surface area contributed by atoms with E-state index in [1.807, 2.05) is 0 Å². The lowest BCUT2D eigenvalue weighted by Gasteiger charge is -2.34. The quantitative estimate of drug-likeness (QED) is 0.574. The summed E-state index contributed by atoms with van der Waals surface area (Å²) < 4.78 is 11.6. The Balaban J connectivity index is 2.07. The molecule has 2 heterocycles. The van der Waals surface area contributed by atoms with Crippen LogP contribution in [0.15, 0.2) is 0 Å². The highest BCUT2D eigenvalue weighted by Crippen LogP contribution is 2.40. The Hall–Kier alpha value is -0.0800. The van der Waals surface area contributed by atoms with Crippen molar-refractivity contribution < 1.29 is 9.47 Å². The predicted octanol–water partition coefficient (Wildman–Crippen LogP) is 2.23. The van der Waals surface area contributed by atoms with E-state index in [0.29, 0.717) is 23.5 Å². The van der Waals surface area contributed by atoms with Crippen LogP contribution in [-0.4, -0.2) is 25.4 Å². The smallest absolute Gasteiger partial charge is 0.0891 e. The minimum Gasteiger partial charge on any atom is -0.375 e. The number of ether oxygens (including phenoxy) is 2. The Kier molecular flexibility index (Phi) is 2.37. The van der Waals surface area contributed by atoms with Crippen LogP contribution < -0.4 is 0 Å². The van der Waals surface area contributed by atoms with E-state index in [0.717, 1.165) is 19.6 Å². The van der Waals surface area contributed by atoms with Crippen molar-refractivity contribution >= 4 is 0 Å². The van der Waals surface area contributed by atoms with Crippen molar-refractivity contribution in [3.05, 3.63) is 0 Å². The molecule has 0 spiro atoms. The molecule has 0 bridgehead atoms. The molecule has 0 radical (unpaired) electrons. The standard InChI is InChI=1S/C11H20O2/c1-11(2,3)8-7-13-9-5-4-6-12-10(8)9/h8-10H,4-7H2,1-3H3. The highest BCUT2D eigenvalue weighted by Gasteiger charge is 2.44. The molecule has 0 amide bonds. The first kappa shape index (κ1) is 9.47. The van der Waals surface area contributed by atoms with Gasteiger partial charge in [-0.1, -0.05) is 20.8 Å². The van der Waals surface area contributed by atoms with E-state index < -0.39 is 0 Å². The Bertz CT molecular complexity index is 183. The Labute approximate surface area is 80.6 Å². The molecule has 0 aromatic heterocycles. The third-order valence-corrected chi connectivity index (χ3v) is 3.31. The Morgan fingerprint density at radius 2 is 1.92 bits per heavy atom. The van der Waals surface area contributed by atoms with Crippen molar-refractivity contribution in [3.8, 4) is 0 Å². The van der Waals surface area contributed by atoms with Gasteiger partial charge in [-0.3, -0.25) is 0 Å². The van der Waals surface area contributed by atoms with Gasteiger partial charge in [-0.05, 0) is 18.3 Å². The fraction of sp³-hybridized carbons (Fsp3) is 1.00. The third kappa shape index (κ3) is 1.75. The first-order valence-corrected chi connectivity index (χ1v) is 5.32. The number of hydrogen-bond donors (Lipinski definition) is 0. The monoisotopic (exact) mass is 184 g/mol. The normalized spacial score (nSPS) is 40.4. The second kappa shape index (κ2) is 3.25. The van der Waals surface area contributed by atoms with Gasteiger partial charge in [-0.2, -0.15) is 0 Å². The molecule has 2 aliphatic rings. The maximum atomic E-state index is 5.82. The molecule has 2 saturated heterocycles. The molecule has 0 aromatic rings. The van der Waals surface area contributed by atoms with E-state index in [4.69, 9.17) is 9.47 Å². The lowest BCUT2D eigenvalue weighted by atomic mass is 9.77. The van der Waals surface area contributed by atoms with Gasteiger partial charge in [-0.15, -0.1) is 0 Å². The molecule has 2 fully saturated rings. The fourth-order valence-corrected chi connectivity index (χ4v) is 2.39. The van der Waals surface area contributed by atoms with Gasteiger partial charge in [0.15, 0.2) is 0 Å². The number of fused-ring (bicyclic) bond motifs is 1. The summed E-state index contributed by atoms with van der Waals surface area (Å²) in [5.74, 6) is 0.581. The van der Waals surface area contributed by atoms with Crippen LogP contribution in [0.4, 0.5) is 0 Å². The zero-order valence-corrected chi connectivity index (χ0v) is 8.88. The van der Waals surface area contributed by atoms with Gasteiger partial charge in [0.2, 0.25) is 0 Å². The summed E-state index contributed by atoms with van der Waals surface area (Å²) in [7, 11) is 0. The second-order valence-electron chi connectivity index (χ2n) is 5.32. The van der Waals surface area contributed by atoms with Crippen LogP contribution in [0.2, 0.25) is 0 Å². The zero-order chi connectivity index (χ0) is 9.47. The summed E-state index contributed by atoms with van der Waals surface area (Å²) >= 11 is 0. The number of rotatable bonds is 0. The van der Waals surface area contributed by atoms with Crippen LogP contribution in [0.1, 0.15) is 33.6 Å². The van der Waals surface area contributed by atoms with Crippen molar-refractivity contribution in [1.29, 1.82) is 0 Å². The van der Waals surface area contributed by atoms with E-state index >= 15 is 0 Å².